The summed E-state index contributed by atoms with van der Waals surface area (Å²) in [6.45, 7) is 0.764. The normalized spacial score (nSPS) is 17.9. The molecule has 0 bridgehead atoms. The van der Waals surface area contributed by atoms with Crippen molar-refractivity contribution in [2.24, 2.45) is 7.05 Å². The van der Waals surface area contributed by atoms with Gasteiger partial charge in [-0.05, 0) is 67.9 Å². The van der Waals surface area contributed by atoms with Gasteiger partial charge >= 0.3 is 5.97 Å². The maximum atomic E-state index is 11.1. The third-order valence-corrected chi connectivity index (χ3v) is 6.31. The molecule has 3 aromatic rings. The summed E-state index contributed by atoms with van der Waals surface area (Å²) in [4.78, 5) is 15.8. The molecule has 0 spiro atoms. The number of carbonyl (C=O) groups is 1. The van der Waals surface area contributed by atoms with Crippen LogP contribution in [0, 0.1) is 5.41 Å². The first-order valence-corrected chi connectivity index (χ1v) is 11.6. The molecule has 9 heteroatoms. The number of aromatic nitrogens is 3. The van der Waals surface area contributed by atoms with Crippen LogP contribution in [-0.2, 0) is 11.8 Å². The number of aryl methyl sites for hydroxylation is 1. The van der Waals surface area contributed by atoms with Crippen molar-refractivity contribution < 1.29 is 14.6 Å². The zero-order valence-electron chi connectivity index (χ0n) is 19.0. The molecular formula is C25H28N6O3. The number of aromatic carboxylic acids is 1. The maximum absolute atomic E-state index is 11.1. The molecule has 2 aliphatic rings. The van der Waals surface area contributed by atoms with Gasteiger partial charge in [-0.25, -0.2) is 9.48 Å². The third-order valence-electron chi connectivity index (χ3n) is 6.31. The van der Waals surface area contributed by atoms with Crippen LogP contribution in [0.4, 0.5) is 17.3 Å². The monoisotopic (exact) mass is 460 g/mol. The van der Waals surface area contributed by atoms with Crippen molar-refractivity contribution in [1.29, 1.82) is 5.41 Å². The highest BCUT2D eigenvalue weighted by molar-refractivity contribution is 5.92. The minimum absolute atomic E-state index is 0.0212. The van der Waals surface area contributed by atoms with E-state index in [2.05, 4.69) is 20.7 Å². The Morgan fingerprint density at radius 3 is 2.56 bits per heavy atom. The molecule has 34 heavy (non-hydrogen) atoms. The highest BCUT2D eigenvalue weighted by Gasteiger charge is 2.30. The fraction of sp³-hybridized carbons (Fsp3) is 0.360. The molecule has 0 radical (unpaired) electrons. The van der Waals surface area contributed by atoms with E-state index in [1.54, 1.807) is 28.9 Å². The number of benzene rings is 2. The Morgan fingerprint density at radius 2 is 1.91 bits per heavy atom. The number of rotatable bonds is 8. The average molecular weight is 461 g/mol. The highest BCUT2D eigenvalue weighted by atomic mass is 16.5. The molecule has 1 unspecified atom stereocenters. The van der Waals surface area contributed by atoms with E-state index < -0.39 is 5.97 Å². The van der Waals surface area contributed by atoms with E-state index in [9.17, 15) is 4.79 Å². The summed E-state index contributed by atoms with van der Waals surface area (Å²) in [5.41, 5.74) is 4.80. The minimum Gasteiger partial charge on any atom is -0.478 e. The Labute approximate surface area is 197 Å². The summed E-state index contributed by atoms with van der Waals surface area (Å²) in [7, 11) is 1.81. The molecule has 1 aliphatic heterocycles. The topological polar surface area (TPSA) is 125 Å². The second-order valence-corrected chi connectivity index (χ2v) is 8.80. The van der Waals surface area contributed by atoms with Crippen LogP contribution >= 0.6 is 0 Å². The van der Waals surface area contributed by atoms with Crippen LogP contribution in [0.3, 0.4) is 0 Å². The summed E-state index contributed by atoms with van der Waals surface area (Å²) >= 11 is 0. The molecule has 0 amide bonds. The lowest BCUT2D eigenvalue weighted by atomic mass is 9.99. The number of anilines is 3. The summed E-state index contributed by atoms with van der Waals surface area (Å²) in [6.07, 6.45) is 6.79. The highest BCUT2D eigenvalue weighted by Crippen LogP contribution is 2.47. The molecule has 2 fully saturated rings. The van der Waals surface area contributed by atoms with E-state index >= 15 is 0 Å². The largest absolute Gasteiger partial charge is 0.478 e. The van der Waals surface area contributed by atoms with Crippen LogP contribution in [0.1, 0.15) is 59.5 Å². The lowest BCUT2D eigenvalue weighted by molar-refractivity contribution is 0.0343. The van der Waals surface area contributed by atoms with E-state index in [0.717, 1.165) is 66.8 Å². The Kier molecular flexibility index (Phi) is 6.02. The molecule has 1 aromatic heterocycles. The van der Waals surface area contributed by atoms with Crippen molar-refractivity contribution in [1.82, 2.24) is 14.8 Å². The van der Waals surface area contributed by atoms with Gasteiger partial charge in [-0.15, -0.1) is 5.10 Å². The van der Waals surface area contributed by atoms with Crippen molar-refractivity contribution in [3.05, 3.63) is 53.1 Å². The van der Waals surface area contributed by atoms with Crippen LogP contribution in [-0.4, -0.2) is 44.9 Å². The van der Waals surface area contributed by atoms with Crippen LogP contribution in [0.15, 0.2) is 36.4 Å². The molecule has 9 nitrogen and oxygen atoms in total. The number of hydrogen-bond acceptors (Lipinski definition) is 7. The molecule has 5 rings (SSSR count). The van der Waals surface area contributed by atoms with Gasteiger partial charge in [0, 0.05) is 42.4 Å². The molecule has 1 saturated heterocycles. The Hall–Kier alpha value is -3.72. The molecule has 2 aromatic carbocycles. The zero-order chi connectivity index (χ0) is 23.7. The van der Waals surface area contributed by atoms with Crippen molar-refractivity contribution in [2.75, 3.05) is 17.2 Å². The fourth-order valence-corrected chi connectivity index (χ4v) is 4.36. The summed E-state index contributed by atoms with van der Waals surface area (Å²) in [6, 6.07) is 10.5. The first kappa shape index (κ1) is 22.1. The molecular weight excluding hydrogens is 432 g/mol. The second kappa shape index (κ2) is 9.26. The van der Waals surface area contributed by atoms with E-state index in [1.165, 1.54) is 6.21 Å². The SMILES string of the molecule is Cn1nc(-c2ccc(C(=O)O)cc2)nc1Nc1ccc(NC2CCCCO2)c(C=N)c1C1CC1. The zero-order valence-corrected chi connectivity index (χ0v) is 19.0. The van der Waals surface area contributed by atoms with E-state index in [1.807, 2.05) is 19.2 Å². The Bertz CT molecular complexity index is 1210. The smallest absolute Gasteiger partial charge is 0.335 e. The van der Waals surface area contributed by atoms with Gasteiger partial charge in [-0.1, -0.05) is 12.1 Å². The Morgan fingerprint density at radius 1 is 1.15 bits per heavy atom. The molecule has 4 N–H and O–H groups in total. The van der Waals surface area contributed by atoms with Crippen molar-refractivity contribution in [2.45, 2.75) is 44.2 Å². The van der Waals surface area contributed by atoms with Gasteiger partial charge in [0.05, 0.1) is 5.56 Å². The van der Waals surface area contributed by atoms with Gasteiger partial charge in [-0.2, -0.15) is 4.98 Å². The summed E-state index contributed by atoms with van der Waals surface area (Å²) in [5, 5.41) is 28.7. The number of ether oxygens (including phenoxy) is 1. The summed E-state index contributed by atoms with van der Waals surface area (Å²) in [5.74, 6) is 0.524. The van der Waals surface area contributed by atoms with Crippen LogP contribution in [0.2, 0.25) is 0 Å². The molecule has 1 saturated carbocycles. The first-order chi connectivity index (χ1) is 16.5. The minimum atomic E-state index is -0.967. The van der Waals surface area contributed by atoms with Gasteiger partial charge in [0.15, 0.2) is 5.82 Å². The Balaban J connectivity index is 1.43. The predicted octanol–water partition coefficient (Wildman–Crippen LogP) is 4.74. The standard InChI is InChI=1S/C25H28N6O3/c1-31-25(29-23(30-31)16-7-9-17(10-8-16)24(32)33)28-20-12-11-19(27-21-4-2-3-13-34-21)18(14-26)22(20)15-5-6-15/h7-12,14-15,21,26-27H,2-6,13H2,1H3,(H,32,33)(H,28,29,30). The van der Waals surface area contributed by atoms with Gasteiger partial charge in [0.2, 0.25) is 5.95 Å². The van der Waals surface area contributed by atoms with E-state index in [4.69, 9.17) is 15.3 Å². The number of carboxylic acids is 1. The fourth-order valence-electron chi connectivity index (χ4n) is 4.36. The first-order valence-electron chi connectivity index (χ1n) is 11.6. The predicted molar refractivity (Wildman–Crippen MR) is 130 cm³/mol. The molecule has 176 valence electrons. The van der Waals surface area contributed by atoms with E-state index in [-0.39, 0.29) is 11.8 Å². The van der Waals surface area contributed by atoms with Gasteiger partial charge in [0.1, 0.15) is 6.23 Å². The number of nitrogens with one attached hydrogen (secondary N) is 3. The van der Waals surface area contributed by atoms with Crippen LogP contribution in [0.25, 0.3) is 11.4 Å². The average Bonchev–Trinajstić information content (AvgIpc) is 3.63. The van der Waals surface area contributed by atoms with Gasteiger partial charge in [0.25, 0.3) is 0 Å². The maximum Gasteiger partial charge on any atom is 0.335 e. The van der Waals surface area contributed by atoms with Crippen molar-refractivity contribution in [3.8, 4) is 11.4 Å². The quantitative estimate of drug-likeness (QED) is 0.358. The number of carboxylic acid groups (broad SMARTS) is 1. The van der Waals surface area contributed by atoms with E-state index in [0.29, 0.717) is 17.7 Å². The lowest BCUT2D eigenvalue weighted by Crippen LogP contribution is -2.27. The van der Waals surface area contributed by atoms with Crippen molar-refractivity contribution >= 4 is 29.5 Å². The third kappa shape index (κ3) is 4.51. The van der Waals surface area contributed by atoms with Crippen molar-refractivity contribution in [3.63, 3.8) is 0 Å². The van der Waals surface area contributed by atoms with Crippen LogP contribution in [0.5, 0.6) is 0 Å². The number of nitrogens with zero attached hydrogens (tertiary/aromatic N) is 3. The molecule has 1 aliphatic carbocycles. The van der Waals surface area contributed by atoms with Gasteiger partial charge in [-0.3, -0.25) is 0 Å². The van der Waals surface area contributed by atoms with Crippen LogP contribution < -0.4 is 10.6 Å². The number of hydrogen-bond donors (Lipinski definition) is 4. The lowest BCUT2D eigenvalue weighted by Gasteiger charge is -2.26. The second-order valence-electron chi connectivity index (χ2n) is 8.80. The molecule has 1 atom stereocenters. The molecule has 2 heterocycles. The van der Waals surface area contributed by atoms with Gasteiger partial charge < -0.3 is 25.9 Å². The summed E-state index contributed by atoms with van der Waals surface area (Å²) < 4.78 is 7.52.